The highest BCUT2D eigenvalue weighted by Gasteiger charge is 2.23. The highest BCUT2D eigenvalue weighted by molar-refractivity contribution is 5.81. The van der Waals surface area contributed by atoms with Crippen LogP contribution in [0.3, 0.4) is 0 Å². The summed E-state index contributed by atoms with van der Waals surface area (Å²) in [4.78, 5) is 11.3. The maximum Gasteiger partial charge on any atom is 0.236 e. The summed E-state index contributed by atoms with van der Waals surface area (Å²) in [7, 11) is 0. The molecule has 0 saturated heterocycles. The van der Waals surface area contributed by atoms with E-state index in [1.807, 2.05) is 0 Å². The van der Waals surface area contributed by atoms with Gasteiger partial charge in [-0.15, -0.1) is 0 Å². The van der Waals surface area contributed by atoms with Crippen molar-refractivity contribution in [3.05, 3.63) is 0 Å². The minimum absolute atomic E-state index is 0.0950. The smallest absolute Gasteiger partial charge is 0.236 e. The Balaban J connectivity index is 2.38. The highest BCUT2D eigenvalue weighted by Crippen LogP contribution is 2.16. The van der Waals surface area contributed by atoms with Gasteiger partial charge in [0.1, 0.15) is 0 Å². The number of carbonyl (C=O) groups excluding carboxylic acids is 1. The molecule has 1 amide bonds. The molecule has 5 N–H and O–H groups in total. The molecule has 0 radical (unpaired) electrons. The molecule has 3 atom stereocenters. The molecule has 2 unspecified atom stereocenters. The Labute approximate surface area is 79.0 Å². The van der Waals surface area contributed by atoms with Crippen molar-refractivity contribution in [1.29, 1.82) is 0 Å². The summed E-state index contributed by atoms with van der Waals surface area (Å²) in [5.41, 5.74) is 11.3. The van der Waals surface area contributed by atoms with E-state index in [-0.39, 0.29) is 18.0 Å². The average Bonchev–Trinajstić information content (AvgIpc) is 2.08. The zero-order valence-corrected chi connectivity index (χ0v) is 8.12. The third-order valence-electron chi connectivity index (χ3n) is 2.56. The van der Waals surface area contributed by atoms with Crippen LogP contribution in [0.2, 0.25) is 0 Å². The molecule has 0 aromatic carbocycles. The van der Waals surface area contributed by atoms with Gasteiger partial charge in [0.15, 0.2) is 0 Å². The van der Waals surface area contributed by atoms with E-state index < -0.39 is 6.04 Å². The Morgan fingerprint density at radius 3 is 2.62 bits per heavy atom. The fourth-order valence-electron chi connectivity index (χ4n) is 1.65. The number of nitrogens with two attached hydrogens (primary N) is 2. The van der Waals surface area contributed by atoms with Crippen molar-refractivity contribution in [1.82, 2.24) is 5.32 Å². The van der Waals surface area contributed by atoms with Crippen LogP contribution in [0.5, 0.6) is 0 Å². The molecule has 13 heavy (non-hydrogen) atoms. The maximum atomic E-state index is 11.3. The molecule has 1 fully saturated rings. The number of amides is 1. The van der Waals surface area contributed by atoms with Crippen molar-refractivity contribution in [2.75, 3.05) is 0 Å². The van der Waals surface area contributed by atoms with Crippen LogP contribution in [0.4, 0.5) is 0 Å². The van der Waals surface area contributed by atoms with Crippen LogP contribution in [0.25, 0.3) is 0 Å². The fourth-order valence-corrected chi connectivity index (χ4v) is 1.65. The van der Waals surface area contributed by atoms with E-state index in [2.05, 4.69) is 5.32 Å². The molecule has 76 valence electrons. The molecule has 4 heteroatoms. The first-order valence-electron chi connectivity index (χ1n) is 4.93. The van der Waals surface area contributed by atoms with Crippen molar-refractivity contribution in [2.45, 2.75) is 50.7 Å². The Kier molecular flexibility index (Phi) is 3.69. The van der Waals surface area contributed by atoms with Crippen molar-refractivity contribution in [3.63, 3.8) is 0 Å². The monoisotopic (exact) mass is 185 g/mol. The van der Waals surface area contributed by atoms with E-state index >= 15 is 0 Å². The number of nitrogens with one attached hydrogen (secondary N) is 1. The predicted molar refractivity (Wildman–Crippen MR) is 52.0 cm³/mol. The lowest BCUT2D eigenvalue weighted by molar-refractivity contribution is -0.123. The lowest BCUT2D eigenvalue weighted by atomic mass is 9.91. The third-order valence-corrected chi connectivity index (χ3v) is 2.56. The summed E-state index contributed by atoms with van der Waals surface area (Å²) in [5.74, 6) is -0.0950. The molecular weight excluding hydrogens is 166 g/mol. The Morgan fingerprint density at radius 2 is 2.08 bits per heavy atom. The van der Waals surface area contributed by atoms with Gasteiger partial charge in [0.2, 0.25) is 5.91 Å². The third kappa shape index (κ3) is 2.97. The van der Waals surface area contributed by atoms with Crippen molar-refractivity contribution >= 4 is 5.91 Å². The van der Waals surface area contributed by atoms with Gasteiger partial charge in [-0.1, -0.05) is 12.8 Å². The van der Waals surface area contributed by atoms with Gasteiger partial charge < -0.3 is 16.8 Å². The molecule has 1 aliphatic carbocycles. The molecule has 0 spiro atoms. The second kappa shape index (κ2) is 4.58. The standard InChI is InChI=1S/C9H19N3O/c1-6(10)9(13)12-8-5-3-2-4-7(8)11/h6-8H,2-5,10-11H2,1H3,(H,12,13)/t6-,7?,8?/m0/s1. The molecule has 0 aliphatic heterocycles. The van der Waals surface area contributed by atoms with E-state index in [9.17, 15) is 4.79 Å². The average molecular weight is 185 g/mol. The van der Waals surface area contributed by atoms with Crippen LogP contribution in [0, 0.1) is 0 Å². The first kappa shape index (κ1) is 10.5. The summed E-state index contributed by atoms with van der Waals surface area (Å²) in [5, 5.41) is 2.88. The molecule has 1 saturated carbocycles. The summed E-state index contributed by atoms with van der Waals surface area (Å²) >= 11 is 0. The van der Waals surface area contributed by atoms with E-state index in [4.69, 9.17) is 11.5 Å². The highest BCUT2D eigenvalue weighted by atomic mass is 16.2. The van der Waals surface area contributed by atoms with Crippen LogP contribution < -0.4 is 16.8 Å². The lowest BCUT2D eigenvalue weighted by Gasteiger charge is -2.29. The van der Waals surface area contributed by atoms with Gasteiger partial charge in [-0.2, -0.15) is 0 Å². The van der Waals surface area contributed by atoms with Crippen LogP contribution in [-0.2, 0) is 4.79 Å². The molecule has 0 aromatic rings. The van der Waals surface area contributed by atoms with E-state index in [1.54, 1.807) is 6.92 Å². The fraction of sp³-hybridized carbons (Fsp3) is 0.889. The zero-order chi connectivity index (χ0) is 9.84. The van der Waals surface area contributed by atoms with Crippen LogP contribution >= 0.6 is 0 Å². The lowest BCUT2D eigenvalue weighted by Crippen LogP contribution is -2.52. The summed E-state index contributed by atoms with van der Waals surface area (Å²) < 4.78 is 0. The van der Waals surface area contributed by atoms with Crippen LogP contribution in [0.1, 0.15) is 32.6 Å². The van der Waals surface area contributed by atoms with Gasteiger partial charge in [0, 0.05) is 12.1 Å². The topological polar surface area (TPSA) is 81.1 Å². The van der Waals surface area contributed by atoms with E-state index in [0.29, 0.717) is 0 Å². The summed E-state index contributed by atoms with van der Waals surface area (Å²) in [6.45, 7) is 1.68. The van der Waals surface area contributed by atoms with Gasteiger partial charge in [0.05, 0.1) is 6.04 Å². The van der Waals surface area contributed by atoms with E-state index in [1.165, 1.54) is 6.42 Å². The predicted octanol–water partition coefficient (Wildman–Crippen LogP) is -0.280. The largest absolute Gasteiger partial charge is 0.350 e. The van der Waals surface area contributed by atoms with Crippen molar-refractivity contribution in [3.8, 4) is 0 Å². The minimum atomic E-state index is -0.436. The second-order valence-electron chi connectivity index (χ2n) is 3.85. The molecule has 0 heterocycles. The van der Waals surface area contributed by atoms with Crippen LogP contribution in [0.15, 0.2) is 0 Å². The summed E-state index contributed by atoms with van der Waals surface area (Å²) in [6, 6.07) is -0.196. The molecule has 0 bridgehead atoms. The Bertz CT molecular complexity index is 182. The first-order chi connectivity index (χ1) is 6.11. The van der Waals surface area contributed by atoms with Gasteiger partial charge in [-0.25, -0.2) is 0 Å². The number of rotatable bonds is 2. The number of carbonyl (C=O) groups is 1. The van der Waals surface area contributed by atoms with Crippen LogP contribution in [-0.4, -0.2) is 24.0 Å². The molecule has 1 rings (SSSR count). The van der Waals surface area contributed by atoms with Crippen molar-refractivity contribution in [2.24, 2.45) is 11.5 Å². The zero-order valence-electron chi connectivity index (χ0n) is 8.12. The normalized spacial score (nSPS) is 31.0. The maximum absolute atomic E-state index is 11.3. The minimum Gasteiger partial charge on any atom is -0.350 e. The second-order valence-corrected chi connectivity index (χ2v) is 3.85. The SMILES string of the molecule is C[C@H](N)C(=O)NC1CCCCC1N. The summed E-state index contributed by atoms with van der Waals surface area (Å²) in [6.07, 6.45) is 4.31. The van der Waals surface area contributed by atoms with E-state index in [0.717, 1.165) is 19.3 Å². The molecule has 4 nitrogen and oxygen atoms in total. The molecule has 0 aromatic heterocycles. The van der Waals surface area contributed by atoms with Gasteiger partial charge in [-0.3, -0.25) is 4.79 Å². The van der Waals surface area contributed by atoms with Gasteiger partial charge >= 0.3 is 0 Å². The van der Waals surface area contributed by atoms with Gasteiger partial charge in [0.25, 0.3) is 0 Å². The van der Waals surface area contributed by atoms with Crippen molar-refractivity contribution < 1.29 is 4.79 Å². The first-order valence-corrected chi connectivity index (χ1v) is 4.93. The molecular formula is C9H19N3O. The quantitative estimate of drug-likeness (QED) is 0.553. The Morgan fingerprint density at radius 1 is 1.46 bits per heavy atom. The van der Waals surface area contributed by atoms with Gasteiger partial charge in [-0.05, 0) is 19.8 Å². The number of hydrogen-bond donors (Lipinski definition) is 3. The molecule has 1 aliphatic rings. The number of hydrogen-bond acceptors (Lipinski definition) is 3. The Hall–Kier alpha value is -0.610.